The summed E-state index contributed by atoms with van der Waals surface area (Å²) in [6, 6.07) is 25.9. The number of ether oxygens (including phenoxy) is 2. The lowest BCUT2D eigenvalue weighted by Gasteiger charge is -2.17. The van der Waals surface area contributed by atoms with Crippen molar-refractivity contribution in [3.05, 3.63) is 107 Å². The van der Waals surface area contributed by atoms with Crippen LogP contribution in [-0.2, 0) is 0 Å². The Bertz CT molecular complexity index is 1500. The Balaban J connectivity index is 1.44. The molecule has 2 heteroatoms. The smallest absolute Gasteiger partial charge is 0.162 e. The second-order valence-electron chi connectivity index (χ2n) is 7.36. The molecule has 0 N–H and O–H groups in total. The van der Waals surface area contributed by atoms with Gasteiger partial charge in [-0.1, -0.05) is 59.9 Å². The van der Waals surface area contributed by atoms with Crippen molar-refractivity contribution in [1.29, 1.82) is 0 Å². The lowest BCUT2D eigenvalue weighted by molar-refractivity contribution is 0.171. The van der Waals surface area contributed by atoms with Gasteiger partial charge in [-0.25, -0.2) is 0 Å². The molecule has 0 saturated heterocycles. The first-order chi connectivity index (χ1) is 15.8. The highest BCUT2D eigenvalue weighted by molar-refractivity contribution is 5.83. The van der Waals surface area contributed by atoms with Crippen LogP contribution in [0.1, 0.15) is 27.8 Å². The van der Waals surface area contributed by atoms with Crippen molar-refractivity contribution in [3.63, 3.8) is 0 Å². The van der Waals surface area contributed by atoms with E-state index in [9.17, 15) is 0 Å². The van der Waals surface area contributed by atoms with Crippen LogP contribution in [0.3, 0.4) is 0 Å². The molecule has 4 aromatic rings. The molecule has 1 aliphatic heterocycles. The van der Waals surface area contributed by atoms with Crippen LogP contribution in [0.15, 0.2) is 78.9 Å². The molecule has 0 spiro atoms. The lowest BCUT2D eigenvalue weighted by atomic mass is 10.0. The second kappa shape index (κ2) is 8.65. The standard InChI is InChI=1S/C30H18O2/c1-2-22-17-25(9-7-23-11-13-27-5-3-4-6-28(27)20-23)19-26(18-22)10-8-24-12-14-29-30(21-24)32-16-15-31-29/h1,3-6,11-14,17-21H,15-16H2. The van der Waals surface area contributed by atoms with Gasteiger partial charge in [-0.15, -0.1) is 6.42 Å². The summed E-state index contributed by atoms with van der Waals surface area (Å²) in [5, 5.41) is 2.37. The van der Waals surface area contributed by atoms with Gasteiger partial charge in [0.25, 0.3) is 0 Å². The molecule has 1 aliphatic rings. The molecule has 4 aromatic carbocycles. The van der Waals surface area contributed by atoms with Gasteiger partial charge in [-0.2, -0.15) is 0 Å². The van der Waals surface area contributed by atoms with Gasteiger partial charge in [-0.05, 0) is 59.3 Å². The average molecular weight is 410 g/mol. The van der Waals surface area contributed by atoms with E-state index in [1.807, 2.05) is 54.6 Å². The zero-order valence-electron chi connectivity index (χ0n) is 17.3. The first kappa shape index (κ1) is 19.4. The quantitative estimate of drug-likeness (QED) is 0.362. The number of hydrogen-bond acceptors (Lipinski definition) is 2. The monoisotopic (exact) mass is 410 g/mol. The van der Waals surface area contributed by atoms with E-state index in [4.69, 9.17) is 15.9 Å². The molecule has 2 nitrogen and oxygen atoms in total. The molecule has 32 heavy (non-hydrogen) atoms. The third kappa shape index (κ3) is 4.29. The number of rotatable bonds is 0. The normalized spacial score (nSPS) is 11.5. The van der Waals surface area contributed by atoms with Crippen LogP contribution in [0.4, 0.5) is 0 Å². The van der Waals surface area contributed by atoms with E-state index < -0.39 is 0 Å². The Morgan fingerprint density at radius 3 is 1.88 bits per heavy atom. The van der Waals surface area contributed by atoms with E-state index in [0.29, 0.717) is 13.2 Å². The molecule has 1 heterocycles. The fraction of sp³-hybridized carbons (Fsp3) is 0.0667. The van der Waals surface area contributed by atoms with Gasteiger partial charge in [0.1, 0.15) is 13.2 Å². The van der Waals surface area contributed by atoms with Crippen molar-refractivity contribution in [3.8, 4) is 47.5 Å². The maximum Gasteiger partial charge on any atom is 0.162 e. The fourth-order valence-corrected chi connectivity index (χ4v) is 3.53. The van der Waals surface area contributed by atoms with Gasteiger partial charge in [0.05, 0.1) is 0 Å². The molecule has 0 bridgehead atoms. The zero-order valence-corrected chi connectivity index (χ0v) is 17.3. The first-order valence-corrected chi connectivity index (χ1v) is 10.3. The van der Waals surface area contributed by atoms with Crippen molar-refractivity contribution in [2.24, 2.45) is 0 Å². The highest BCUT2D eigenvalue weighted by Gasteiger charge is 2.10. The van der Waals surface area contributed by atoms with E-state index in [1.54, 1.807) is 0 Å². The highest BCUT2D eigenvalue weighted by atomic mass is 16.6. The van der Waals surface area contributed by atoms with Gasteiger partial charge >= 0.3 is 0 Å². The molecule has 0 atom stereocenters. The first-order valence-electron chi connectivity index (χ1n) is 10.3. The summed E-state index contributed by atoms with van der Waals surface area (Å²) in [6.07, 6.45) is 5.66. The molecule has 0 amide bonds. The largest absolute Gasteiger partial charge is 0.486 e. The number of fused-ring (bicyclic) bond motifs is 2. The Morgan fingerprint density at radius 2 is 1.12 bits per heavy atom. The van der Waals surface area contributed by atoms with Crippen LogP contribution in [0.2, 0.25) is 0 Å². The van der Waals surface area contributed by atoms with Gasteiger partial charge in [-0.3, -0.25) is 0 Å². The van der Waals surface area contributed by atoms with E-state index in [0.717, 1.165) is 39.3 Å². The van der Waals surface area contributed by atoms with Gasteiger partial charge < -0.3 is 9.47 Å². The van der Waals surface area contributed by atoms with E-state index in [2.05, 4.69) is 53.9 Å². The van der Waals surface area contributed by atoms with Crippen LogP contribution >= 0.6 is 0 Å². The predicted octanol–water partition coefficient (Wildman–Crippen LogP) is 5.39. The molecule has 0 aliphatic carbocycles. The SMILES string of the molecule is C#Cc1cc(C#Cc2ccc3c(c2)OCCO3)cc(C#Cc2ccc3ccccc3c2)c1. The maximum atomic E-state index is 5.66. The predicted molar refractivity (Wildman–Crippen MR) is 128 cm³/mol. The van der Waals surface area contributed by atoms with E-state index in [-0.39, 0.29) is 0 Å². The Kier molecular flexibility index (Phi) is 5.24. The number of benzene rings is 4. The molecule has 0 aromatic heterocycles. The third-order valence-electron chi connectivity index (χ3n) is 5.09. The third-order valence-corrected chi connectivity index (χ3v) is 5.09. The lowest BCUT2D eigenvalue weighted by Crippen LogP contribution is -2.15. The summed E-state index contributed by atoms with van der Waals surface area (Å²) in [7, 11) is 0. The van der Waals surface area contributed by atoms with Crippen LogP contribution in [0.25, 0.3) is 10.8 Å². The van der Waals surface area contributed by atoms with Crippen LogP contribution in [-0.4, -0.2) is 13.2 Å². The molecule has 5 rings (SSSR count). The highest BCUT2D eigenvalue weighted by Crippen LogP contribution is 2.30. The minimum Gasteiger partial charge on any atom is -0.486 e. The van der Waals surface area contributed by atoms with E-state index in [1.165, 1.54) is 10.8 Å². The van der Waals surface area contributed by atoms with E-state index >= 15 is 0 Å². The molecule has 0 fully saturated rings. The molecule has 0 saturated carbocycles. The summed E-state index contributed by atoms with van der Waals surface area (Å²) in [5.74, 6) is 17.0. The van der Waals surface area contributed by atoms with Crippen molar-refractivity contribution in [2.45, 2.75) is 0 Å². The molecular weight excluding hydrogens is 392 g/mol. The van der Waals surface area contributed by atoms with Crippen molar-refractivity contribution in [2.75, 3.05) is 13.2 Å². The summed E-state index contributed by atoms with van der Waals surface area (Å²) < 4.78 is 11.2. The van der Waals surface area contributed by atoms with Gasteiger partial charge in [0.2, 0.25) is 0 Å². The molecule has 0 radical (unpaired) electrons. The average Bonchev–Trinajstić information content (AvgIpc) is 2.86. The van der Waals surface area contributed by atoms with Gasteiger partial charge in [0, 0.05) is 27.8 Å². The van der Waals surface area contributed by atoms with Crippen molar-refractivity contribution >= 4 is 10.8 Å². The summed E-state index contributed by atoms with van der Waals surface area (Å²) in [6.45, 7) is 1.12. The second-order valence-corrected chi connectivity index (χ2v) is 7.36. The summed E-state index contributed by atoms with van der Waals surface area (Å²) >= 11 is 0. The zero-order chi connectivity index (χ0) is 21.8. The van der Waals surface area contributed by atoms with Gasteiger partial charge in [0.15, 0.2) is 11.5 Å². The summed E-state index contributed by atoms with van der Waals surface area (Å²) in [4.78, 5) is 0. The Morgan fingerprint density at radius 1 is 0.531 bits per heavy atom. The number of hydrogen-bond donors (Lipinski definition) is 0. The Hall–Kier alpha value is -4.58. The minimum atomic E-state index is 0.549. The topological polar surface area (TPSA) is 18.5 Å². The van der Waals surface area contributed by atoms with Crippen LogP contribution in [0, 0.1) is 36.0 Å². The molecule has 150 valence electrons. The van der Waals surface area contributed by atoms with Crippen LogP contribution in [0.5, 0.6) is 11.5 Å². The summed E-state index contributed by atoms with van der Waals surface area (Å²) in [5.41, 5.74) is 4.21. The molecule has 0 unspecified atom stereocenters. The van der Waals surface area contributed by atoms with Crippen LogP contribution < -0.4 is 9.47 Å². The maximum absolute atomic E-state index is 5.66. The molecular formula is C30H18O2. The minimum absolute atomic E-state index is 0.549. The van der Waals surface area contributed by atoms with Crippen molar-refractivity contribution < 1.29 is 9.47 Å². The Labute approximate surface area is 187 Å². The number of terminal acetylenes is 1. The fourth-order valence-electron chi connectivity index (χ4n) is 3.53. The van der Waals surface area contributed by atoms with Crippen molar-refractivity contribution in [1.82, 2.24) is 0 Å².